The Morgan fingerprint density at radius 1 is 1.04 bits per heavy atom. The molecule has 3 aromatic rings. The van der Waals surface area contributed by atoms with E-state index in [0.717, 1.165) is 48.4 Å². The van der Waals surface area contributed by atoms with Gasteiger partial charge in [0.1, 0.15) is 5.58 Å². The number of rotatable bonds is 4. The highest BCUT2D eigenvalue weighted by Gasteiger charge is 2.14. The van der Waals surface area contributed by atoms with Gasteiger partial charge in [0.05, 0.1) is 12.7 Å². The van der Waals surface area contributed by atoms with E-state index in [1.807, 2.05) is 36.4 Å². The molecule has 0 saturated carbocycles. The summed E-state index contributed by atoms with van der Waals surface area (Å²) in [6.07, 6.45) is 1.97. The highest BCUT2D eigenvalue weighted by atomic mass is 16.3. The van der Waals surface area contributed by atoms with Gasteiger partial charge < -0.3 is 19.5 Å². The number of nitrogens with zero attached hydrogens (tertiary/aromatic N) is 2. The Hall–Kier alpha value is -2.79. The molecule has 1 N–H and O–H groups in total. The first kappa shape index (κ1) is 16.7. The van der Waals surface area contributed by atoms with Crippen LogP contribution in [0.5, 0.6) is 0 Å². The second-order valence-electron chi connectivity index (χ2n) is 6.82. The zero-order chi connectivity index (χ0) is 17.9. The minimum Gasteiger partial charge on any atom is -0.464 e. The van der Waals surface area contributed by atoms with Crippen molar-refractivity contribution in [2.45, 2.75) is 6.42 Å². The van der Waals surface area contributed by atoms with Crippen LogP contribution in [-0.2, 0) is 11.2 Å². The van der Waals surface area contributed by atoms with Gasteiger partial charge in [0.2, 0.25) is 5.91 Å². The zero-order valence-corrected chi connectivity index (χ0v) is 14.9. The first-order valence-corrected chi connectivity index (χ1v) is 8.97. The Morgan fingerprint density at radius 2 is 1.77 bits per heavy atom. The number of carbonyl (C=O) groups is 1. The highest BCUT2D eigenvalue weighted by Crippen LogP contribution is 2.22. The number of hydrogen-bond donors (Lipinski definition) is 1. The predicted molar refractivity (Wildman–Crippen MR) is 105 cm³/mol. The van der Waals surface area contributed by atoms with Gasteiger partial charge in [-0.15, -0.1) is 0 Å². The number of carbonyl (C=O) groups excluding carboxylic acids is 1. The summed E-state index contributed by atoms with van der Waals surface area (Å²) < 4.78 is 5.50. The van der Waals surface area contributed by atoms with Crippen molar-refractivity contribution in [2.75, 3.05) is 43.4 Å². The number of furan rings is 1. The van der Waals surface area contributed by atoms with E-state index in [-0.39, 0.29) is 5.91 Å². The van der Waals surface area contributed by atoms with Gasteiger partial charge >= 0.3 is 0 Å². The van der Waals surface area contributed by atoms with Crippen LogP contribution in [-0.4, -0.2) is 44.0 Å². The number of nitrogens with one attached hydrogen (secondary N) is 1. The maximum Gasteiger partial charge on any atom is 0.228 e. The molecule has 0 aliphatic carbocycles. The number of amides is 1. The summed E-state index contributed by atoms with van der Waals surface area (Å²) in [7, 11) is 2.15. The molecule has 1 aliphatic heterocycles. The van der Waals surface area contributed by atoms with Crippen molar-refractivity contribution in [2.24, 2.45) is 0 Å². The van der Waals surface area contributed by atoms with Crippen molar-refractivity contribution in [3.05, 3.63) is 60.4 Å². The molecule has 0 bridgehead atoms. The molecule has 1 aliphatic rings. The second-order valence-corrected chi connectivity index (χ2v) is 6.82. The largest absolute Gasteiger partial charge is 0.464 e. The van der Waals surface area contributed by atoms with Crippen LogP contribution in [0.4, 0.5) is 11.4 Å². The third-order valence-corrected chi connectivity index (χ3v) is 4.93. The summed E-state index contributed by atoms with van der Waals surface area (Å²) in [6, 6.07) is 15.9. The van der Waals surface area contributed by atoms with Gasteiger partial charge in [0, 0.05) is 48.5 Å². The van der Waals surface area contributed by atoms with Crippen molar-refractivity contribution in [1.29, 1.82) is 0 Å². The molecule has 0 atom stereocenters. The third kappa shape index (κ3) is 3.58. The molecule has 5 nitrogen and oxygen atoms in total. The van der Waals surface area contributed by atoms with Crippen LogP contribution in [0.2, 0.25) is 0 Å². The van der Waals surface area contributed by atoms with E-state index in [2.05, 4.69) is 34.3 Å². The lowest BCUT2D eigenvalue weighted by atomic mass is 10.1. The van der Waals surface area contributed by atoms with E-state index < -0.39 is 0 Å². The van der Waals surface area contributed by atoms with Crippen molar-refractivity contribution in [3.63, 3.8) is 0 Å². The highest BCUT2D eigenvalue weighted by molar-refractivity contribution is 5.95. The van der Waals surface area contributed by atoms with Gasteiger partial charge in [-0.2, -0.15) is 0 Å². The smallest absolute Gasteiger partial charge is 0.228 e. The summed E-state index contributed by atoms with van der Waals surface area (Å²) >= 11 is 0. The van der Waals surface area contributed by atoms with Crippen LogP contribution in [0.3, 0.4) is 0 Å². The number of likely N-dealkylation sites (N-methyl/N-ethyl adjacent to an activating group) is 1. The average Bonchev–Trinajstić information content (AvgIpc) is 3.06. The fourth-order valence-corrected chi connectivity index (χ4v) is 3.37. The zero-order valence-electron chi connectivity index (χ0n) is 14.9. The topological polar surface area (TPSA) is 48.7 Å². The number of hydrogen-bond acceptors (Lipinski definition) is 4. The summed E-state index contributed by atoms with van der Waals surface area (Å²) in [5.74, 6) is -0.0381. The average molecular weight is 349 g/mol. The first-order valence-electron chi connectivity index (χ1n) is 8.97. The SMILES string of the molecule is CN1CCN(c2ccc(NC(=O)Cc3coc4ccccc34)cc2)CC1. The number of piperazine rings is 1. The van der Waals surface area contributed by atoms with E-state index in [4.69, 9.17) is 4.42 Å². The van der Waals surface area contributed by atoms with Crippen LogP contribution in [0.15, 0.2) is 59.2 Å². The lowest BCUT2D eigenvalue weighted by molar-refractivity contribution is -0.115. The second kappa shape index (κ2) is 7.22. The minimum atomic E-state index is -0.0381. The molecule has 4 rings (SSSR count). The van der Waals surface area contributed by atoms with Gasteiger partial charge in [0.15, 0.2) is 0 Å². The van der Waals surface area contributed by atoms with Crippen LogP contribution >= 0.6 is 0 Å². The Morgan fingerprint density at radius 3 is 2.54 bits per heavy atom. The summed E-state index contributed by atoms with van der Waals surface area (Å²) in [4.78, 5) is 17.1. The van der Waals surface area contributed by atoms with Crippen molar-refractivity contribution < 1.29 is 9.21 Å². The number of anilines is 2. The van der Waals surface area contributed by atoms with Crippen molar-refractivity contribution in [1.82, 2.24) is 4.90 Å². The van der Waals surface area contributed by atoms with E-state index in [9.17, 15) is 4.79 Å². The molecule has 5 heteroatoms. The Balaban J connectivity index is 1.38. The van der Waals surface area contributed by atoms with E-state index in [1.54, 1.807) is 6.26 Å². The van der Waals surface area contributed by atoms with Crippen LogP contribution < -0.4 is 10.2 Å². The third-order valence-electron chi connectivity index (χ3n) is 4.93. The van der Waals surface area contributed by atoms with E-state index in [0.29, 0.717) is 6.42 Å². The monoisotopic (exact) mass is 349 g/mol. The molecule has 0 unspecified atom stereocenters. The molecule has 0 spiro atoms. The summed E-state index contributed by atoms with van der Waals surface area (Å²) in [6.45, 7) is 4.24. The molecule has 0 radical (unpaired) electrons. The molecular weight excluding hydrogens is 326 g/mol. The van der Waals surface area contributed by atoms with Crippen molar-refractivity contribution in [3.8, 4) is 0 Å². The lowest BCUT2D eigenvalue weighted by Gasteiger charge is -2.34. The van der Waals surface area contributed by atoms with Gasteiger partial charge in [-0.25, -0.2) is 0 Å². The molecular formula is C21H23N3O2. The Labute approximate surface area is 153 Å². The molecule has 26 heavy (non-hydrogen) atoms. The Kier molecular flexibility index (Phi) is 4.63. The normalized spacial score (nSPS) is 15.3. The number of benzene rings is 2. The predicted octanol–water partition coefficient (Wildman–Crippen LogP) is 3.37. The molecule has 1 saturated heterocycles. The molecule has 2 aromatic carbocycles. The minimum absolute atomic E-state index is 0.0381. The van der Waals surface area contributed by atoms with Gasteiger partial charge in [-0.1, -0.05) is 18.2 Å². The van der Waals surface area contributed by atoms with Crippen molar-refractivity contribution >= 4 is 28.3 Å². The van der Waals surface area contributed by atoms with Gasteiger partial charge in [-0.3, -0.25) is 4.79 Å². The molecule has 1 fully saturated rings. The number of para-hydroxylation sites is 1. The van der Waals surface area contributed by atoms with Gasteiger partial charge in [-0.05, 0) is 37.4 Å². The van der Waals surface area contributed by atoms with Gasteiger partial charge in [0.25, 0.3) is 0 Å². The van der Waals surface area contributed by atoms with Crippen LogP contribution in [0.25, 0.3) is 11.0 Å². The maximum absolute atomic E-state index is 12.4. The van der Waals surface area contributed by atoms with Crippen LogP contribution in [0.1, 0.15) is 5.56 Å². The standard InChI is InChI=1S/C21H23N3O2/c1-23-10-12-24(13-11-23)18-8-6-17(7-9-18)22-21(25)14-16-15-26-20-5-3-2-4-19(16)20/h2-9,15H,10-14H2,1H3,(H,22,25). The van der Waals surface area contributed by atoms with E-state index >= 15 is 0 Å². The Bertz CT molecular complexity index is 893. The molecule has 1 amide bonds. The lowest BCUT2D eigenvalue weighted by Crippen LogP contribution is -2.44. The first-order chi connectivity index (χ1) is 12.7. The van der Waals surface area contributed by atoms with E-state index in [1.165, 1.54) is 5.69 Å². The van der Waals surface area contributed by atoms with Crippen LogP contribution in [0, 0.1) is 0 Å². The molecule has 134 valence electrons. The summed E-state index contributed by atoms with van der Waals surface area (Å²) in [5, 5.41) is 3.97. The fraction of sp³-hybridized carbons (Fsp3) is 0.286. The number of fused-ring (bicyclic) bond motifs is 1. The maximum atomic E-state index is 12.4. The quantitative estimate of drug-likeness (QED) is 0.785. The molecule has 2 heterocycles. The molecule has 1 aromatic heterocycles. The summed E-state index contributed by atoms with van der Waals surface area (Å²) in [5.41, 5.74) is 3.75. The fourth-order valence-electron chi connectivity index (χ4n) is 3.37.